The van der Waals surface area contributed by atoms with Crippen molar-refractivity contribution in [3.8, 4) is 17.0 Å². The van der Waals surface area contributed by atoms with E-state index in [-0.39, 0.29) is 40.5 Å². The summed E-state index contributed by atoms with van der Waals surface area (Å²) < 4.78 is 42.4. The van der Waals surface area contributed by atoms with Gasteiger partial charge >= 0.3 is 0 Å². The number of nitrogens with zero attached hydrogens (tertiary/aromatic N) is 4. The number of rotatable bonds is 8. The highest BCUT2D eigenvalue weighted by Gasteiger charge is 2.30. The molecule has 0 atom stereocenters. The van der Waals surface area contributed by atoms with Gasteiger partial charge in [0.2, 0.25) is 5.91 Å². The summed E-state index contributed by atoms with van der Waals surface area (Å²) in [4.78, 5) is 33.8. The fourth-order valence-corrected chi connectivity index (χ4v) is 3.66. The lowest BCUT2D eigenvalue weighted by Crippen LogP contribution is -2.22. The lowest BCUT2D eigenvalue weighted by Gasteiger charge is -2.17. The monoisotopic (exact) mass is 480 g/mol. The van der Waals surface area contributed by atoms with Gasteiger partial charge in [-0.1, -0.05) is 0 Å². The highest BCUT2D eigenvalue weighted by molar-refractivity contribution is 6.00. The molecule has 2 aromatic heterocycles. The zero-order valence-corrected chi connectivity index (χ0v) is 18.8. The topological polar surface area (TPSA) is 131 Å². The third-order valence-corrected chi connectivity index (χ3v) is 5.79. The minimum absolute atomic E-state index is 0.0298. The summed E-state index contributed by atoms with van der Waals surface area (Å²) in [6.07, 6.45) is 6.85. The summed E-state index contributed by atoms with van der Waals surface area (Å²) >= 11 is 0. The molecule has 0 saturated heterocycles. The van der Waals surface area contributed by atoms with E-state index in [2.05, 4.69) is 30.8 Å². The Labute approximate surface area is 204 Å². The first-order valence-electron chi connectivity index (χ1n) is 12.6. The van der Waals surface area contributed by atoms with E-state index in [9.17, 15) is 14.0 Å². The summed E-state index contributed by atoms with van der Waals surface area (Å²) in [5.74, 6) is -1.41. The molecule has 0 radical (unpaired) electrons. The van der Waals surface area contributed by atoms with Gasteiger partial charge in [0, 0.05) is 46.8 Å². The molecule has 2 amide bonds. The van der Waals surface area contributed by atoms with Crippen LogP contribution in [0.2, 0.25) is 0 Å². The Morgan fingerprint density at radius 1 is 1.09 bits per heavy atom. The Bertz CT molecular complexity index is 1390. The lowest BCUT2D eigenvalue weighted by atomic mass is 10.1. The van der Waals surface area contributed by atoms with Crippen molar-refractivity contribution in [1.82, 2.24) is 25.5 Å². The van der Waals surface area contributed by atoms with Crippen molar-refractivity contribution in [2.75, 3.05) is 24.7 Å². The molecule has 2 saturated carbocycles. The van der Waals surface area contributed by atoms with Crippen LogP contribution in [0.4, 0.5) is 21.6 Å². The second kappa shape index (κ2) is 9.24. The second-order valence-electron chi connectivity index (χ2n) is 8.47. The van der Waals surface area contributed by atoms with Gasteiger partial charge in [0.05, 0.1) is 36.1 Å². The normalized spacial score (nSPS) is 16.5. The molecule has 0 unspecified atom stereocenters. The quantitative estimate of drug-likeness (QED) is 0.447. The summed E-state index contributed by atoms with van der Waals surface area (Å²) in [6.45, 7) is -2.79. The molecule has 11 heteroatoms. The molecule has 0 aliphatic heterocycles. The van der Waals surface area contributed by atoms with E-state index in [1.54, 1.807) is 12.4 Å². The van der Waals surface area contributed by atoms with E-state index in [0.29, 0.717) is 17.2 Å². The van der Waals surface area contributed by atoms with Crippen LogP contribution in [0.15, 0.2) is 30.6 Å². The molecule has 0 spiro atoms. The number of ether oxygens (including phenoxy) is 1. The standard InChI is InChI=1S/C24H24FN7O3/c1-26-24(34)21-16(9-20(31-32-21)30-23(33)13-5-6-13)29-17-8-14(25)7-15(22(17)35-2)19-11-27-18(10-28-19)12-3-4-12/h7-13H,3-6H2,1-2H3,(H,26,34)(H2,29,30,31,33)/i1D3. The number of hydrogen-bond acceptors (Lipinski definition) is 8. The van der Waals surface area contributed by atoms with Gasteiger partial charge in [-0.15, -0.1) is 10.2 Å². The Kier molecular flexibility index (Phi) is 5.07. The van der Waals surface area contributed by atoms with Crippen LogP contribution >= 0.6 is 0 Å². The molecule has 0 bridgehead atoms. The van der Waals surface area contributed by atoms with Crippen molar-refractivity contribution in [2.45, 2.75) is 31.6 Å². The van der Waals surface area contributed by atoms with Crippen LogP contribution in [0.3, 0.4) is 0 Å². The SMILES string of the molecule is [2H]C([2H])([2H])NC(=O)c1nnc(NC(=O)C2CC2)cc1Nc1cc(F)cc(-c2cnc(C3CC3)cn2)c1OC. The number of carbonyl (C=O) groups excluding carboxylic acids is 2. The highest BCUT2D eigenvalue weighted by Crippen LogP contribution is 2.41. The van der Waals surface area contributed by atoms with Crippen LogP contribution in [0.25, 0.3) is 11.3 Å². The number of methoxy groups -OCH3 is 1. The molecular formula is C24H24FN7O3. The third-order valence-electron chi connectivity index (χ3n) is 5.79. The van der Waals surface area contributed by atoms with E-state index in [1.165, 1.54) is 19.2 Å². The molecule has 1 aromatic carbocycles. The maximum absolute atomic E-state index is 14.8. The zero-order valence-electron chi connectivity index (χ0n) is 21.8. The zero-order chi connectivity index (χ0) is 27.0. The average molecular weight is 481 g/mol. The van der Waals surface area contributed by atoms with Crippen molar-refractivity contribution < 1.29 is 22.8 Å². The molecule has 180 valence electrons. The molecule has 2 aliphatic carbocycles. The van der Waals surface area contributed by atoms with Gasteiger partial charge < -0.3 is 20.7 Å². The number of carbonyl (C=O) groups is 2. The van der Waals surface area contributed by atoms with Crippen LogP contribution in [-0.4, -0.2) is 46.1 Å². The molecule has 10 nitrogen and oxygen atoms in total. The maximum atomic E-state index is 14.8. The third kappa shape index (κ3) is 4.88. The van der Waals surface area contributed by atoms with Gasteiger partial charge in [0.1, 0.15) is 5.82 Å². The van der Waals surface area contributed by atoms with Gasteiger partial charge in [0.15, 0.2) is 17.3 Å². The lowest BCUT2D eigenvalue weighted by molar-refractivity contribution is -0.117. The molecule has 2 aliphatic rings. The van der Waals surface area contributed by atoms with E-state index in [1.807, 2.05) is 5.32 Å². The first-order chi connectivity index (χ1) is 18.1. The smallest absolute Gasteiger partial charge is 0.273 e. The fraction of sp³-hybridized carbons (Fsp3) is 0.333. The summed E-state index contributed by atoms with van der Waals surface area (Å²) in [7, 11) is 1.39. The summed E-state index contributed by atoms with van der Waals surface area (Å²) in [6, 6.07) is 3.71. The maximum Gasteiger partial charge on any atom is 0.273 e. The number of anilines is 3. The van der Waals surface area contributed by atoms with E-state index < -0.39 is 18.7 Å². The Morgan fingerprint density at radius 2 is 1.91 bits per heavy atom. The van der Waals surface area contributed by atoms with Crippen molar-refractivity contribution in [3.63, 3.8) is 0 Å². The van der Waals surface area contributed by atoms with Crippen molar-refractivity contribution >= 4 is 29.0 Å². The molecule has 3 aromatic rings. The number of amides is 2. The number of aromatic nitrogens is 4. The van der Waals surface area contributed by atoms with Crippen LogP contribution in [-0.2, 0) is 4.79 Å². The van der Waals surface area contributed by atoms with Gasteiger partial charge in [-0.2, -0.15) is 0 Å². The first kappa shape index (κ1) is 19.2. The van der Waals surface area contributed by atoms with E-state index in [4.69, 9.17) is 8.85 Å². The van der Waals surface area contributed by atoms with Crippen molar-refractivity contribution in [3.05, 3.63) is 47.8 Å². The van der Waals surface area contributed by atoms with Crippen molar-refractivity contribution in [2.24, 2.45) is 5.92 Å². The van der Waals surface area contributed by atoms with Crippen LogP contribution in [0.1, 0.15) is 51.9 Å². The van der Waals surface area contributed by atoms with Crippen LogP contribution in [0, 0.1) is 11.7 Å². The van der Waals surface area contributed by atoms with E-state index in [0.717, 1.165) is 37.4 Å². The first-order valence-corrected chi connectivity index (χ1v) is 11.1. The fourth-order valence-electron chi connectivity index (χ4n) is 3.66. The molecule has 3 N–H and O–H groups in total. The molecular weight excluding hydrogens is 453 g/mol. The Balaban J connectivity index is 1.52. The summed E-state index contributed by atoms with van der Waals surface area (Å²) in [5.41, 5.74) is 1.24. The van der Waals surface area contributed by atoms with Crippen LogP contribution in [0.5, 0.6) is 5.75 Å². The molecule has 5 rings (SSSR count). The predicted molar refractivity (Wildman–Crippen MR) is 126 cm³/mol. The summed E-state index contributed by atoms with van der Waals surface area (Å²) in [5, 5.41) is 15.1. The minimum Gasteiger partial charge on any atom is -0.494 e. The van der Waals surface area contributed by atoms with Crippen LogP contribution < -0.4 is 20.7 Å². The van der Waals surface area contributed by atoms with Gasteiger partial charge in [-0.05, 0) is 31.7 Å². The van der Waals surface area contributed by atoms with Gasteiger partial charge in [0.25, 0.3) is 5.91 Å². The van der Waals surface area contributed by atoms with Crippen molar-refractivity contribution in [1.29, 1.82) is 0 Å². The van der Waals surface area contributed by atoms with Gasteiger partial charge in [-0.25, -0.2) is 4.39 Å². The second-order valence-corrected chi connectivity index (χ2v) is 8.47. The van der Waals surface area contributed by atoms with E-state index >= 15 is 0 Å². The number of hydrogen-bond donors (Lipinski definition) is 3. The van der Waals surface area contributed by atoms with Gasteiger partial charge in [-0.3, -0.25) is 19.6 Å². The highest BCUT2D eigenvalue weighted by atomic mass is 19.1. The molecule has 2 fully saturated rings. The largest absolute Gasteiger partial charge is 0.494 e. The molecule has 35 heavy (non-hydrogen) atoms. The number of benzene rings is 1. The minimum atomic E-state index is -2.79. The Morgan fingerprint density at radius 3 is 2.57 bits per heavy atom. The number of nitrogens with one attached hydrogen (secondary N) is 3. The Hall–Kier alpha value is -4.15. The predicted octanol–water partition coefficient (Wildman–Crippen LogP) is 3.41. The molecule has 2 heterocycles. The number of halogens is 1. The average Bonchev–Trinajstić information content (AvgIpc) is 3.76.